The van der Waals surface area contributed by atoms with Gasteiger partial charge < -0.3 is 43.4 Å². The number of ether oxygens (including phenoxy) is 7. The van der Waals surface area contributed by atoms with Gasteiger partial charge in [-0.15, -0.1) is 0 Å². The highest BCUT2D eigenvalue weighted by atomic mass is 16.7. The van der Waals surface area contributed by atoms with E-state index in [4.69, 9.17) is 33.2 Å². The van der Waals surface area contributed by atoms with Crippen molar-refractivity contribution in [3.05, 3.63) is 47.1 Å². The molecule has 0 unspecified atom stereocenters. The molecule has 0 aromatic heterocycles. The van der Waals surface area contributed by atoms with Gasteiger partial charge in [0.15, 0.2) is 24.0 Å². The van der Waals surface area contributed by atoms with E-state index in [1.807, 2.05) is 26.0 Å². The second-order valence-electron chi connectivity index (χ2n) is 17.3. The summed E-state index contributed by atoms with van der Waals surface area (Å²) in [4.78, 5) is 27.6. The van der Waals surface area contributed by atoms with E-state index in [2.05, 4.69) is 19.9 Å². The van der Waals surface area contributed by atoms with Crippen molar-refractivity contribution >= 4 is 11.8 Å². The molecule has 5 fully saturated rings. The van der Waals surface area contributed by atoms with Crippen molar-refractivity contribution in [1.82, 2.24) is 0 Å². The SMILES string of the molecule is CO[C@H]1C[C@H](O[C@@H]2/C(C)=C/C[C@@H]3C[C@@H](C[C@]4(CC[C@H](C)[C@@H](C5CCCCC5)O4)O3)OC(=O)[C@@H]3C=C(C)C(=O)[C@H]4OC/C(=C\C=C\[C@@H]2C)[C@]43O)O[C@@H](C)[C@@H]1O. The average molecular weight is 755 g/mol. The Bertz CT molecular complexity index is 1510. The van der Waals surface area contributed by atoms with Gasteiger partial charge in [-0.3, -0.25) is 9.59 Å². The predicted molar refractivity (Wildman–Crippen MR) is 199 cm³/mol. The molecule has 0 aromatic carbocycles. The van der Waals surface area contributed by atoms with Gasteiger partial charge >= 0.3 is 5.97 Å². The fourth-order valence-electron chi connectivity index (χ4n) is 10.2. The molecule has 14 atom stereocenters. The number of carbonyl (C=O) groups is 2. The van der Waals surface area contributed by atoms with Crippen LogP contribution in [0.4, 0.5) is 0 Å². The minimum Gasteiger partial charge on any atom is -0.462 e. The topological polar surface area (TPSA) is 139 Å². The fraction of sp³-hybridized carbons (Fsp3) is 0.767. The minimum absolute atomic E-state index is 0.000948. The van der Waals surface area contributed by atoms with Crippen molar-refractivity contribution in [3.8, 4) is 0 Å². The molecule has 2 bridgehead atoms. The monoisotopic (exact) mass is 754 g/mol. The molecular formula is C43H62O11. The lowest BCUT2D eigenvalue weighted by Crippen LogP contribution is -2.57. The summed E-state index contributed by atoms with van der Waals surface area (Å²) in [6, 6.07) is 0. The van der Waals surface area contributed by atoms with Gasteiger partial charge in [0.05, 0.1) is 37.1 Å². The summed E-state index contributed by atoms with van der Waals surface area (Å²) in [5.74, 6) is -2.22. The van der Waals surface area contributed by atoms with Crippen LogP contribution in [0.3, 0.4) is 0 Å². The molecule has 54 heavy (non-hydrogen) atoms. The molecule has 5 aliphatic heterocycles. The summed E-state index contributed by atoms with van der Waals surface area (Å²) in [5, 5.41) is 23.0. The van der Waals surface area contributed by atoms with Crippen LogP contribution in [-0.2, 0) is 42.7 Å². The van der Waals surface area contributed by atoms with Gasteiger partial charge in [-0.2, -0.15) is 0 Å². The highest BCUT2D eigenvalue weighted by Crippen LogP contribution is 2.48. The number of Topliss-reactive ketones (excluding diaryl/α,β-unsaturated/α-hetero) is 1. The van der Waals surface area contributed by atoms with Crippen molar-refractivity contribution in [2.75, 3.05) is 13.7 Å². The molecule has 2 aliphatic carbocycles. The third-order valence-electron chi connectivity index (χ3n) is 13.4. The van der Waals surface area contributed by atoms with Crippen LogP contribution >= 0.6 is 0 Å². The van der Waals surface area contributed by atoms with E-state index in [1.165, 1.54) is 19.3 Å². The van der Waals surface area contributed by atoms with Crippen LogP contribution in [0.5, 0.6) is 0 Å². The molecule has 0 aromatic rings. The summed E-state index contributed by atoms with van der Waals surface area (Å²) in [6.07, 6.45) is 14.1. The maximum atomic E-state index is 14.3. The molecule has 0 amide bonds. The maximum absolute atomic E-state index is 14.3. The van der Waals surface area contributed by atoms with Gasteiger partial charge in [0, 0.05) is 38.7 Å². The molecule has 7 aliphatic rings. The van der Waals surface area contributed by atoms with Gasteiger partial charge in [0.25, 0.3) is 0 Å². The highest BCUT2D eigenvalue weighted by Gasteiger charge is 2.60. The summed E-state index contributed by atoms with van der Waals surface area (Å²) in [5.41, 5.74) is -0.0954. The standard InChI is InChI=1S/C43H62O11/c1-24-11-10-14-30-23-49-40-36(44)27(4)19-33(43(30,40)47)41(46)51-32-20-31(16-15-25(2)38(24)52-35-21-34(48-6)37(45)28(5)50-35)53-42(22-32)18-17-26(3)39(54-42)29-12-8-7-9-13-29/h10-11,14-15,19,24,26,28-29,31-35,37-40,45,47H,7-9,12-13,16-18,20-23H2,1-6H3/b11-10+,25-15+,30-14+/t24-,26-,28-,31+,32-,33-,34-,35-,37-,38-,39-,40+,42+,43+/m0/s1. The Morgan fingerprint density at radius 3 is 2.52 bits per heavy atom. The first-order chi connectivity index (χ1) is 25.8. The highest BCUT2D eigenvalue weighted by molar-refractivity contribution is 6.03. The second-order valence-corrected chi connectivity index (χ2v) is 17.3. The van der Waals surface area contributed by atoms with Crippen molar-refractivity contribution in [3.63, 3.8) is 0 Å². The summed E-state index contributed by atoms with van der Waals surface area (Å²) in [6.45, 7) is 9.86. The Labute approximate surface area is 320 Å². The van der Waals surface area contributed by atoms with Crippen molar-refractivity contribution < 1.29 is 53.0 Å². The molecular weight excluding hydrogens is 692 g/mol. The Balaban J connectivity index is 1.24. The summed E-state index contributed by atoms with van der Waals surface area (Å²) >= 11 is 0. The lowest BCUT2D eigenvalue weighted by molar-refractivity contribution is -0.342. The first-order valence-electron chi connectivity index (χ1n) is 20.5. The van der Waals surface area contributed by atoms with Crippen LogP contribution in [0.15, 0.2) is 47.1 Å². The predicted octanol–water partition coefficient (Wildman–Crippen LogP) is 5.81. The molecule has 5 heterocycles. The Hall–Kier alpha value is -2.22. The number of rotatable bonds is 4. The van der Waals surface area contributed by atoms with E-state index < -0.39 is 66.2 Å². The number of ketones is 1. The number of hydrogen-bond donors (Lipinski definition) is 2. The summed E-state index contributed by atoms with van der Waals surface area (Å²) in [7, 11) is 1.58. The molecule has 2 N–H and O–H groups in total. The normalized spacial score (nSPS) is 47.8. The largest absolute Gasteiger partial charge is 0.462 e. The Kier molecular flexibility index (Phi) is 12.1. The molecule has 0 radical (unpaired) electrons. The molecule has 1 spiro atoms. The number of fused-ring (bicyclic) bond motifs is 2. The zero-order chi connectivity index (χ0) is 38.4. The van der Waals surface area contributed by atoms with E-state index in [9.17, 15) is 19.8 Å². The van der Waals surface area contributed by atoms with Gasteiger partial charge in [-0.1, -0.05) is 63.5 Å². The van der Waals surface area contributed by atoms with Gasteiger partial charge in [0.2, 0.25) is 0 Å². The van der Waals surface area contributed by atoms with Crippen LogP contribution < -0.4 is 0 Å². The number of aliphatic hydroxyl groups excluding tert-OH is 1. The maximum Gasteiger partial charge on any atom is 0.316 e. The van der Waals surface area contributed by atoms with Crippen LogP contribution in [0.25, 0.3) is 0 Å². The Morgan fingerprint density at radius 2 is 1.76 bits per heavy atom. The lowest BCUT2D eigenvalue weighted by atomic mass is 9.71. The number of aliphatic hydroxyl groups is 2. The number of esters is 1. The molecule has 300 valence electrons. The second kappa shape index (κ2) is 16.3. The van der Waals surface area contributed by atoms with Crippen molar-refractivity contribution in [2.45, 2.75) is 172 Å². The van der Waals surface area contributed by atoms with Crippen LogP contribution in [0, 0.1) is 23.7 Å². The number of methoxy groups -OCH3 is 1. The zero-order valence-corrected chi connectivity index (χ0v) is 32.9. The summed E-state index contributed by atoms with van der Waals surface area (Å²) < 4.78 is 44.8. The van der Waals surface area contributed by atoms with Crippen molar-refractivity contribution in [1.29, 1.82) is 0 Å². The van der Waals surface area contributed by atoms with Gasteiger partial charge in [-0.05, 0) is 75.0 Å². The zero-order valence-electron chi connectivity index (χ0n) is 32.9. The van der Waals surface area contributed by atoms with Crippen LogP contribution in [0.1, 0.15) is 105 Å². The van der Waals surface area contributed by atoms with Crippen LogP contribution in [-0.4, -0.2) is 102 Å². The third-order valence-corrected chi connectivity index (χ3v) is 13.4. The molecule has 1 saturated carbocycles. The fourth-order valence-corrected chi connectivity index (χ4v) is 10.2. The van der Waals surface area contributed by atoms with Crippen LogP contribution in [0.2, 0.25) is 0 Å². The van der Waals surface area contributed by atoms with Gasteiger partial charge in [0.1, 0.15) is 23.7 Å². The van der Waals surface area contributed by atoms with E-state index in [1.54, 1.807) is 26.2 Å². The first kappa shape index (κ1) is 40.0. The number of allylic oxidation sites excluding steroid dienone is 2. The van der Waals surface area contributed by atoms with E-state index in [0.717, 1.165) is 24.8 Å². The average Bonchev–Trinajstić information content (AvgIpc) is 3.49. The van der Waals surface area contributed by atoms with E-state index in [-0.39, 0.29) is 30.5 Å². The first-order valence-corrected chi connectivity index (χ1v) is 20.5. The molecule has 4 saturated heterocycles. The minimum atomic E-state index is -1.89. The number of hydrogen-bond acceptors (Lipinski definition) is 11. The van der Waals surface area contributed by atoms with E-state index in [0.29, 0.717) is 55.1 Å². The lowest BCUT2D eigenvalue weighted by Gasteiger charge is -2.51. The molecule has 7 rings (SSSR count). The van der Waals surface area contributed by atoms with Crippen molar-refractivity contribution in [2.24, 2.45) is 23.7 Å². The third kappa shape index (κ3) is 7.86. The van der Waals surface area contributed by atoms with Gasteiger partial charge in [-0.25, -0.2) is 0 Å². The smallest absolute Gasteiger partial charge is 0.316 e. The van der Waals surface area contributed by atoms with E-state index >= 15 is 0 Å². The molecule has 11 heteroatoms. The Morgan fingerprint density at radius 1 is 0.981 bits per heavy atom. The molecule has 11 nitrogen and oxygen atoms in total. The quantitative estimate of drug-likeness (QED) is 0.266. The number of carbonyl (C=O) groups excluding carboxylic acids is 2.